The highest BCUT2D eigenvalue weighted by molar-refractivity contribution is 5.95. The van der Waals surface area contributed by atoms with Crippen LogP contribution in [0.15, 0.2) is 78.9 Å². The van der Waals surface area contributed by atoms with Gasteiger partial charge in [0.15, 0.2) is 0 Å². The number of carbonyl (C=O) groups excluding carboxylic acids is 2. The summed E-state index contributed by atoms with van der Waals surface area (Å²) < 4.78 is 5.84. The van der Waals surface area contributed by atoms with Gasteiger partial charge in [-0.2, -0.15) is 0 Å². The molecule has 35 heavy (non-hydrogen) atoms. The number of hydrogen-bond acceptors (Lipinski definition) is 4. The molecule has 6 heteroatoms. The molecule has 0 saturated heterocycles. The lowest BCUT2D eigenvalue weighted by Gasteiger charge is -2.22. The Morgan fingerprint density at radius 3 is 2.37 bits per heavy atom. The van der Waals surface area contributed by atoms with Gasteiger partial charge in [0.1, 0.15) is 5.75 Å². The summed E-state index contributed by atoms with van der Waals surface area (Å²) in [6.07, 6.45) is 6.56. The molecule has 0 heterocycles. The minimum Gasteiger partial charge on any atom is -0.493 e. The lowest BCUT2D eigenvalue weighted by molar-refractivity contribution is -0.114. The summed E-state index contributed by atoms with van der Waals surface area (Å²) in [5, 5.41) is 9.12. The van der Waals surface area contributed by atoms with Gasteiger partial charge in [0.05, 0.1) is 13.2 Å². The molecule has 1 aliphatic rings. The molecule has 0 spiro atoms. The van der Waals surface area contributed by atoms with Crippen LogP contribution < -0.4 is 20.7 Å². The number of hydrogen-bond donors (Lipinski definition) is 3. The van der Waals surface area contributed by atoms with Gasteiger partial charge in [0.25, 0.3) is 5.91 Å². The fourth-order valence-corrected chi connectivity index (χ4v) is 4.24. The maximum Gasteiger partial charge on any atom is 0.251 e. The van der Waals surface area contributed by atoms with Crippen LogP contribution in [-0.2, 0) is 11.2 Å². The lowest BCUT2D eigenvalue weighted by Crippen LogP contribution is -2.36. The van der Waals surface area contributed by atoms with Crippen molar-refractivity contribution in [3.8, 4) is 5.75 Å². The molecule has 3 aromatic carbocycles. The Labute approximate surface area is 207 Å². The van der Waals surface area contributed by atoms with Crippen molar-refractivity contribution < 1.29 is 14.3 Å². The molecule has 1 fully saturated rings. The van der Waals surface area contributed by atoms with Crippen LogP contribution in [0.2, 0.25) is 0 Å². The molecule has 6 nitrogen and oxygen atoms in total. The van der Waals surface area contributed by atoms with E-state index in [9.17, 15) is 9.59 Å². The van der Waals surface area contributed by atoms with E-state index in [1.54, 1.807) is 12.1 Å². The van der Waals surface area contributed by atoms with Crippen molar-refractivity contribution in [2.75, 3.05) is 23.8 Å². The fourth-order valence-electron chi connectivity index (χ4n) is 4.24. The zero-order valence-electron chi connectivity index (χ0n) is 20.0. The SMILES string of the molecule is O=C(CNc1ccc(C(=O)NC2CCCCC2)cc1)Nc1cccc(OCCc2ccccc2)c1. The number of nitrogens with one attached hydrogen (secondary N) is 3. The number of rotatable bonds is 10. The molecule has 0 bridgehead atoms. The van der Waals surface area contributed by atoms with E-state index >= 15 is 0 Å². The first-order valence-corrected chi connectivity index (χ1v) is 12.4. The number of benzene rings is 3. The average Bonchev–Trinajstić information content (AvgIpc) is 2.89. The van der Waals surface area contributed by atoms with Gasteiger partial charge in [-0.3, -0.25) is 9.59 Å². The Morgan fingerprint density at radius 2 is 1.60 bits per heavy atom. The van der Waals surface area contributed by atoms with Crippen LogP contribution in [0.1, 0.15) is 48.0 Å². The summed E-state index contributed by atoms with van der Waals surface area (Å²) in [4.78, 5) is 24.9. The molecule has 0 radical (unpaired) electrons. The Hall–Kier alpha value is -3.80. The first kappa shape index (κ1) is 24.3. The highest BCUT2D eigenvalue weighted by atomic mass is 16.5. The molecule has 2 amide bonds. The zero-order valence-corrected chi connectivity index (χ0v) is 20.0. The molecule has 0 unspecified atom stereocenters. The smallest absolute Gasteiger partial charge is 0.251 e. The van der Waals surface area contributed by atoms with Gasteiger partial charge >= 0.3 is 0 Å². The summed E-state index contributed by atoms with van der Waals surface area (Å²) in [6.45, 7) is 0.685. The van der Waals surface area contributed by atoms with E-state index in [2.05, 4.69) is 28.1 Å². The van der Waals surface area contributed by atoms with E-state index in [0.29, 0.717) is 23.6 Å². The van der Waals surface area contributed by atoms with E-state index in [1.165, 1.54) is 24.8 Å². The van der Waals surface area contributed by atoms with Crippen LogP contribution in [-0.4, -0.2) is 31.0 Å². The van der Waals surface area contributed by atoms with Crippen LogP contribution >= 0.6 is 0 Å². The number of amides is 2. The normalized spacial score (nSPS) is 13.6. The molecule has 182 valence electrons. The predicted octanol–water partition coefficient (Wildman–Crippen LogP) is 5.42. The standard InChI is InChI=1S/C29H33N3O3/c33-28(31-26-12-7-13-27(20-26)35-19-18-22-8-3-1-4-9-22)21-30-24-16-14-23(15-17-24)29(34)32-25-10-5-2-6-11-25/h1,3-4,7-9,12-17,20,25,30H,2,5-6,10-11,18-19,21H2,(H,31,33)(H,32,34). The van der Waals surface area contributed by atoms with Crippen LogP contribution in [0.25, 0.3) is 0 Å². The molecule has 0 aromatic heterocycles. The average molecular weight is 472 g/mol. The van der Waals surface area contributed by atoms with Crippen LogP contribution in [0.4, 0.5) is 11.4 Å². The van der Waals surface area contributed by atoms with Crippen LogP contribution in [0, 0.1) is 0 Å². The Kier molecular flexibility index (Phi) is 8.76. The van der Waals surface area contributed by atoms with Crippen LogP contribution in [0.3, 0.4) is 0 Å². The van der Waals surface area contributed by atoms with Crippen LogP contribution in [0.5, 0.6) is 5.75 Å². The molecule has 0 aliphatic heterocycles. The molecule has 0 atom stereocenters. The summed E-state index contributed by atoms with van der Waals surface area (Å²) in [5.41, 5.74) is 3.33. The minimum atomic E-state index is -0.162. The van der Waals surface area contributed by atoms with Crippen molar-refractivity contribution in [1.29, 1.82) is 0 Å². The summed E-state index contributed by atoms with van der Waals surface area (Å²) in [6, 6.07) is 25.1. The van der Waals surface area contributed by atoms with E-state index in [1.807, 2.05) is 54.6 Å². The second-order valence-electron chi connectivity index (χ2n) is 8.90. The Balaban J connectivity index is 1.20. The van der Waals surface area contributed by atoms with Crippen molar-refractivity contribution in [2.45, 2.75) is 44.6 Å². The van der Waals surface area contributed by atoms with Gasteiger partial charge in [-0.1, -0.05) is 55.7 Å². The van der Waals surface area contributed by atoms with E-state index in [0.717, 1.165) is 24.9 Å². The van der Waals surface area contributed by atoms with Gasteiger partial charge < -0.3 is 20.7 Å². The van der Waals surface area contributed by atoms with Gasteiger partial charge in [-0.15, -0.1) is 0 Å². The largest absolute Gasteiger partial charge is 0.493 e. The molecule has 4 rings (SSSR count). The van der Waals surface area contributed by atoms with E-state index in [-0.39, 0.29) is 24.4 Å². The second-order valence-corrected chi connectivity index (χ2v) is 8.90. The van der Waals surface area contributed by atoms with Crippen molar-refractivity contribution in [1.82, 2.24) is 5.32 Å². The predicted molar refractivity (Wildman–Crippen MR) is 140 cm³/mol. The third-order valence-electron chi connectivity index (χ3n) is 6.16. The van der Waals surface area contributed by atoms with Crippen molar-refractivity contribution in [2.24, 2.45) is 0 Å². The monoisotopic (exact) mass is 471 g/mol. The molecule has 1 saturated carbocycles. The number of ether oxygens (including phenoxy) is 1. The molecule has 1 aliphatic carbocycles. The molecule has 3 aromatic rings. The first-order chi connectivity index (χ1) is 17.2. The Morgan fingerprint density at radius 1 is 0.829 bits per heavy atom. The van der Waals surface area contributed by atoms with Gasteiger partial charge in [-0.05, 0) is 54.8 Å². The zero-order chi connectivity index (χ0) is 24.3. The van der Waals surface area contributed by atoms with E-state index in [4.69, 9.17) is 4.74 Å². The number of carbonyl (C=O) groups is 2. The first-order valence-electron chi connectivity index (χ1n) is 12.4. The molecular formula is C29H33N3O3. The second kappa shape index (κ2) is 12.6. The maximum atomic E-state index is 12.5. The third kappa shape index (κ3) is 7.88. The van der Waals surface area contributed by atoms with Crippen molar-refractivity contribution in [3.63, 3.8) is 0 Å². The van der Waals surface area contributed by atoms with Gasteiger partial charge in [0, 0.05) is 35.5 Å². The summed E-state index contributed by atoms with van der Waals surface area (Å²) in [7, 11) is 0. The van der Waals surface area contributed by atoms with Crippen molar-refractivity contribution in [3.05, 3.63) is 90.0 Å². The quantitative estimate of drug-likeness (QED) is 0.369. The highest BCUT2D eigenvalue weighted by Crippen LogP contribution is 2.19. The summed E-state index contributed by atoms with van der Waals surface area (Å²) in [5.74, 6) is 0.520. The minimum absolute atomic E-state index is 0.0351. The van der Waals surface area contributed by atoms with Crippen molar-refractivity contribution >= 4 is 23.2 Å². The van der Waals surface area contributed by atoms with Gasteiger partial charge in [0.2, 0.25) is 5.91 Å². The molecule has 3 N–H and O–H groups in total. The summed E-state index contributed by atoms with van der Waals surface area (Å²) >= 11 is 0. The maximum absolute atomic E-state index is 12.5. The highest BCUT2D eigenvalue weighted by Gasteiger charge is 2.16. The van der Waals surface area contributed by atoms with Gasteiger partial charge in [-0.25, -0.2) is 0 Å². The number of anilines is 2. The lowest BCUT2D eigenvalue weighted by atomic mass is 9.95. The topological polar surface area (TPSA) is 79.5 Å². The Bertz CT molecular complexity index is 1090. The van der Waals surface area contributed by atoms with E-state index < -0.39 is 0 Å². The third-order valence-corrected chi connectivity index (χ3v) is 6.16. The molecular weight excluding hydrogens is 438 g/mol. The fraction of sp³-hybridized carbons (Fsp3) is 0.310.